The number of nitrogens with one attached hydrogen (secondary N) is 1. The SMILES string of the molecule is CN(CCNC(=O)COc1ccccc1-c1nnc(-c2ccccc2)o1)C1CCCCC1. The number of ether oxygens (including phenoxy) is 1. The van der Waals surface area contributed by atoms with Gasteiger partial charge in [-0.15, -0.1) is 10.2 Å². The van der Waals surface area contributed by atoms with E-state index in [0.717, 1.165) is 12.1 Å². The van der Waals surface area contributed by atoms with Crippen LogP contribution in [-0.2, 0) is 4.79 Å². The Morgan fingerprint density at radius 2 is 1.75 bits per heavy atom. The molecule has 2 aromatic carbocycles. The first-order valence-corrected chi connectivity index (χ1v) is 11.3. The summed E-state index contributed by atoms with van der Waals surface area (Å²) in [5.41, 5.74) is 1.51. The van der Waals surface area contributed by atoms with E-state index in [-0.39, 0.29) is 12.5 Å². The van der Waals surface area contributed by atoms with Gasteiger partial charge in [-0.05, 0) is 44.2 Å². The van der Waals surface area contributed by atoms with Gasteiger partial charge in [0.25, 0.3) is 11.8 Å². The molecule has 0 spiro atoms. The predicted molar refractivity (Wildman–Crippen MR) is 123 cm³/mol. The smallest absolute Gasteiger partial charge is 0.257 e. The molecule has 4 rings (SSSR count). The number of hydrogen-bond donors (Lipinski definition) is 1. The summed E-state index contributed by atoms with van der Waals surface area (Å²) in [4.78, 5) is 14.7. The van der Waals surface area contributed by atoms with E-state index in [4.69, 9.17) is 9.15 Å². The van der Waals surface area contributed by atoms with Gasteiger partial charge in [-0.25, -0.2) is 0 Å². The van der Waals surface area contributed by atoms with Crippen molar-refractivity contribution >= 4 is 5.91 Å². The van der Waals surface area contributed by atoms with Crippen molar-refractivity contribution in [2.75, 3.05) is 26.7 Å². The fraction of sp³-hybridized carbons (Fsp3) is 0.400. The number of likely N-dealkylation sites (N-methyl/N-ethyl adjacent to an activating group) is 1. The van der Waals surface area contributed by atoms with Gasteiger partial charge in [-0.3, -0.25) is 4.79 Å². The van der Waals surface area contributed by atoms with Crippen LogP contribution in [0, 0.1) is 0 Å². The molecule has 1 aliphatic rings. The van der Waals surface area contributed by atoms with Crippen LogP contribution in [0.5, 0.6) is 5.75 Å². The Labute approximate surface area is 188 Å². The van der Waals surface area contributed by atoms with Gasteiger partial charge in [0.1, 0.15) is 5.75 Å². The first-order chi connectivity index (χ1) is 15.7. The number of carbonyl (C=O) groups excluding carboxylic acids is 1. The molecular weight excluding hydrogens is 404 g/mol. The number of aromatic nitrogens is 2. The molecule has 0 aliphatic heterocycles. The molecular formula is C25H30N4O3. The highest BCUT2D eigenvalue weighted by Gasteiger charge is 2.18. The second-order valence-corrected chi connectivity index (χ2v) is 8.19. The maximum atomic E-state index is 12.3. The molecule has 0 saturated heterocycles. The lowest BCUT2D eigenvalue weighted by Crippen LogP contribution is -2.40. The molecule has 3 aromatic rings. The minimum Gasteiger partial charge on any atom is -0.483 e. The molecule has 0 atom stereocenters. The topological polar surface area (TPSA) is 80.5 Å². The lowest BCUT2D eigenvalue weighted by atomic mass is 9.94. The van der Waals surface area contributed by atoms with Gasteiger partial charge < -0.3 is 19.4 Å². The molecule has 0 bridgehead atoms. The molecule has 168 valence electrons. The Morgan fingerprint density at radius 1 is 1.03 bits per heavy atom. The van der Waals surface area contributed by atoms with Crippen LogP contribution in [0.15, 0.2) is 59.0 Å². The van der Waals surface area contributed by atoms with Crippen LogP contribution in [0.3, 0.4) is 0 Å². The largest absolute Gasteiger partial charge is 0.483 e. The summed E-state index contributed by atoms with van der Waals surface area (Å²) in [5.74, 6) is 1.18. The van der Waals surface area contributed by atoms with E-state index in [1.54, 1.807) is 6.07 Å². The third kappa shape index (κ3) is 5.73. The quantitative estimate of drug-likeness (QED) is 0.545. The van der Waals surface area contributed by atoms with Crippen LogP contribution in [0.2, 0.25) is 0 Å². The second kappa shape index (κ2) is 10.9. The molecule has 7 heteroatoms. The molecule has 1 saturated carbocycles. The Hall–Kier alpha value is -3.19. The summed E-state index contributed by atoms with van der Waals surface area (Å²) in [6.07, 6.45) is 6.47. The van der Waals surface area contributed by atoms with Gasteiger partial charge in [0, 0.05) is 24.7 Å². The normalized spacial score (nSPS) is 14.4. The molecule has 1 amide bonds. The Kier molecular flexibility index (Phi) is 7.51. The molecule has 0 unspecified atom stereocenters. The average Bonchev–Trinajstić information content (AvgIpc) is 3.34. The third-order valence-electron chi connectivity index (χ3n) is 5.91. The van der Waals surface area contributed by atoms with E-state index < -0.39 is 0 Å². The number of amides is 1. The minimum atomic E-state index is -0.146. The standard InChI is InChI=1S/C25H30N4O3/c1-29(20-12-6-3-7-13-20)17-16-26-23(30)18-31-22-15-9-8-14-21(22)25-28-27-24(32-25)19-10-4-2-5-11-19/h2,4-5,8-11,14-15,20H,3,6-7,12-13,16-18H2,1H3,(H,26,30). The van der Waals surface area contributed by atoms with Crippen LogP contribution in [0.25, 0.3) is 22.9 Å². The molecule has 0 radical (unpaired) electrons. The van der Waals surface area contributed by atoms with Gasteiger partial charge >= 0.3 is 0 Å². The molecule has 1 aromatic heterocycles. The number of para-hydroxylation sites is 1. The van der Waals surface area contributed by atoms with Crippen LogP contribution in [0.1, 0.15) is 32.1 Å². The van der Waals surface area contributed by atoms with E-state index in [2.05, 4.69) is 27.5 Å². The minimum absolute atomic E-state index is 0.0656. The van der Waals surface area contributed by atoms with E-state index in [1.807, 2.05) is 48.5 Å². The third-order valence-corrected chi connectivity index (χ3v) is 5.91. The monoisotopic (exact) mass is 434 g/mol. The molecule has 1 aliphatic carbocycles. The highest BCUT2D eigenvalue weighted by atomic mass is 16.5. The maximum absolute atomic E-state index is 12.3. The second-order valence-electron chi connectivity index (χ2n) is 8.19. The number of carbonyl (C=O) groups is 1. The van der Waals surface area contributed by atoms with Crippen LogP contribution < -0.4 is 10.1 Å². The summed E-state index contributed by atoms with van der Waals surface area (Å²) in [7, 11) is 2.14. The molecule has 32 heavy (non-hydrogen) atoms. The van der Waals surface area contributed by atoms with Gasteiger partial charge in [-0.1, -0.05) is 49.6 Å². The highest BCUT2D eigenvalue weighted by molar-refractivity contribution is 5.78. The van der Waals surface area contributed by atoms with Crippen molar-refractivity contribution in [3.8, 4) is 28.7 Å². The summed E-state index contributed by atoms with van der Waals surface area (Å²) in [6.45, 7) is 1.39. The maximum Gasteiger partial charge on any atom is 0.257 e. The Bertz CT molecular complexity index is 999. The summed E-state index contributed by atoms with van der Waals surface area (Å²) >= 11 is 0. The van der Waals surface area contributed by atoms with Crippen LogP contribution in [-0.4, -0.2) is 53.8 Å². The lowest BCUT2D eigenvalue weighted by molar-refractivity contribution is -0.123. The Morgan fingerprint density at radius 3 is 2.56 bits per heavy atom. The van der Waals surface area contributed by atoms with Gasteiger partial charge in [0.15, 0.2) is 6.61 Å². The van der Waals surface area contributed by atoms with Gasteiger partial charge in [0.2, 0.25) is 5.89 Å². The summed E-state index contributed by atoms with van der Waals surface area (Å²) < 4.78 is 11.6. The lowest BCUT2D eigenvalue weighted by Gasteiger charge is -2.31. The van der Waals surface area contributed by atoms with Crippen molar-refractivity contribution in [3.63, 3.8) is 0 Å². The molecule has 7 nitrogen and oxygen atoms in total. The zero-order valence-electron chi connectivity index (χ0n) is 18.5. The van der Waals surface area contributed by atoms with Crippen molar-refractivity contribution in [2.24, 2.45) is 0 Å². The number of nitrogens with zero attached hydrogens (tertiary/aromatic N) is 3. The zero-order chi connectivity index (χ0) is 22.2. The van der Waals surface area contributed by atoms with Crippen molar-refractivity contribution < 1.29 is 13.9 Å². The average molecular weight is 435 g/mol. The molecule has 1 heterocycles. The first kappa shape index (κ1) is 22.0. The van der Waals surface area contributed by atoms with Gasteiger partial charge in [-0.2, -0.15) is 0 Å². The van der Waals surface area contributed by atoms with Crippen LogP contribution >= 0.6 is 0 Å². The Balaban J connectivity index is 1.30. The van der Waals surface area contributed by atoms with Crippen molar-refractivity contribution in [2.45, 2.75) is 38.1 Å². The molecule has 1 N–H and O–H groups in total. The fourth-order valence-corrected chi connectivity index (χ4v) is 4.07. The van der Waals surface area contributed by atoms with Gasteiger partial charge in [0.05, 0.1) is 5.56 Å². The van der Waals surface area contributed by atoms with Crippen LogP contribution in [0.4, 0.5) is 0 Å². The fourth-order valence-electron chi connectivity index (χ4n) is 4.07. The first-order valence-electron chi connectivity index (χ1n) is 11.3. The summed E-state index contributed by atoms with van der Waals surface area (Å²) in [5, 5.41) is 11.3. The predicted octanol–water partition coefficient (Wildman–Crippen LogP) is 4.16. The van der Waals surface area contributed by atoms with E-state index >= 15 is 0 Å². The highest BCUT2D eigenvalue weighted by Crippen LogP contribution is 2.30. The van der Waals surface area contributed by atoms with E-state index in [9.17, 15) is 4.79 Å². The summed E-state index contributed by atoms with van der Waals surface area (Å²) in [6, 6.07) is 17.6. The van der Waals surface area contributed by atoms with E-state index in [0.29, 0.717) is 35.7 Å². The zero-order valence-corrected chi connectivity index (χ0v) is 18.5. The number of benzene rings is 2. The van der Waals surface area contributed by atoms with Crippen molar-refractivity contribution in [3.05, 3.63) is 54.6 Å². The number of hydrogen-bond acceptors (Lipinski definition) is 6. The van der Waals surface area contributed by atoms with E-state index in [1.165, 1.54) is 32.1 Å². The van der Waals surface area contributed by atoms with Crippen molar-refractivity contribution in [1.29, 1.82) is 0 Å². The van der Waals surface area contributed by atoms with Crippen molar-refractivity contribution in [1.82, 2.24) is 20.4 Å². The number of rotatable bonds is 9. The molecule has 1 fully saturated rings.